The van der Waals surface area contributed by atoms with Crippen LogP contribution < -0.4 is 10.2 Å². The molecule has 4 rings (SSSR count). The fraction of sp³-hybridized carbons (Fsp3) is 0.600. The van der Waals surface area contributed by atoms with Crippen LogP contribution in [-0.4, -0.2) is 32.8 Å². The molecule has 18 heavy (non-hydrogen) atoms. The number of nitrogens with one attached hydrogen (secondary N) is 1. The zero-order chi connectivity index (χ0) is 11.9. The largest absolute Gasteiger partial charge is 0.381 e. The Hall–Kier alpha value is -1.06. The van der Waals surface area contributed by atoms with E-state index in [1.807, 2.05) is 0 Å². The van der Waals surface area contributed by atoms with Crippen molar-refractivity contribution >= 4 is 5.69 Å². The van der Waals surface area contributed by atoms with E-state index < -0.39 is 0 Å². The monoisotopic (exact) mass is 244 g/mol. The Labute approximate surface area is 108 Å². The second-order valence-corrected chi connectivity index (χ2v) is 5.71. The highest BCUT2D eigenvalue weighted by molar-refractivity contribution is 5.63. The first-order chi connectivity index (χ1) is 8.93. The summed E-state index contributed by atoms with van der Waals surface area (Å²) in [6, 6.07) is 6.86. The van der Waals surface area contributed by atoms with Crippen LogP contribution in [0.15, 0.2) is 18.2 Å². The van der Waals surface area contributed by atoms with Gasteiger partial charge >= 0.3 is 0 Å². The predicted octanol–water partition coefficient (Wildman–Crippen LogP) is 1.73. The van der Waals surface area contributed by atoms with E-state index >= 15 is 0 Å². The van der Waals surface area contributed by atoms with Crippen molar-refractivity contribution < 1.29 is 4.74 Å². The number of hydrogen-bond acceptors (Lipinski definition) is 3. The molecule has 96 valence electrons. The SMILES string of the molecule is c1cc2c3c(c1)C(C1COC1)CCN3CCNC2. The van der Waals surface area contributed by atoms with Crippen molar-refractivity contribution in [2.45, 2.75) is 18.9 Å². The molecule has 1 fully saturated rings. The summed E-state index contributed by atoms with van der Waals surface area (Å²) >= 11 is 0. The van der Waals surface area contributed by atoms with E-state index in [0.717, 1.165) is 44.7 Å². The molecule has 1 saturated heterocycles. The van der Waals surface area contributed by atoms with Crippen molar-refractivity contribution in [1.82, 2.24) is 5.32 Å². The zero-order valence-electron chi connectivity index (χ0n) is 10.7. The van der Waals surface area contributed by atoms with E-state index in [4.69, 9.17) is 4.74 Å². The van der Waals surface area contributed by atoms with Gasteiger partial charge in [-0.15, -0.1) is 0 Å². The third kappa shape index (κ3) is 1.57. The number of rotatable bonds is 1. The fourth-order valence-corrected chi connectivity index (χ4v) is 3.64. The summed E-state index contributed by atoms with van der Waals surface area (Å²) in [6.45, 7) is 6.42. The molecule has 1 aromatic carbocycles. The lowest BCUT2D eigenvalue weighted by Gasteiger charge is -2.42. The van der Waals surface area contributed by atoms with Gasteiger partial charge in [-0.1, -0.05) is 18.2 Å². The first-order valence-corrected chi connectivity index (χ1v) is 7.08. The third-order valence-corrected chi connectivity index (χ3v) is 4.68. The number of anilines is 1. The van der Waals surface area contributed by atoms with E-state index in [0.29, 0.717) is 0 Å². The van der Waals surface area contributed by atoms with Gasteiger partial charge in [0.15, 0.2) is 0 Å². The molecule has 0 amide bonds. The molecule has 0 aliphatic carbocycles. The molecule has 0 saturated carbocycles. The summed E-state index contributed by atoms with van der Waals surface area (Å²) in [5, 5.41) is 3.53. The molecule has 1 aromatic rings. The van der Waals surface area contributed by atoms with E-state index in [1.54, 1.807) is 5.56 Å². The number of benzene rings is 1. The predicted molar refractivity (Wildman–Crippen MR) is 72.0 cm³/mol. The quantitative estimate of drug-likeness (QED) is 0.814. The molecule has 1 N–H and O–H groups in total. The fourth-order valence-electron chi connectivity index (χ4n) is 3.64. The Kier molecular flexibility index (Phi) is 2.55. The molecule has 0 radical (unpaired) electrons. The van der Waals surface area contributed by atoms with Crippen LogP contribution >= 0.6 is 0 Å². The summed E-state index contributed by atoms with van der Waals surface area (Å²) in [5.41, 5.74) is 4.59. The van der Waals surface area contributed by atoms with Crippen LogP contribution in [0, 0.1) is 5.92 Å². The molecule has 1 atom stereocenters. The van der Waals surface area contributed by atoms with Crippen LogP contribution in [0.5, 0.6) is 0 Å². The van der Waals surface area contributed by atoms with Crippen molar-refractivity contribution in [2.24, 2.45) is 5.92 Å². The maximum atomic E-state index is 5.40. The second-order valence-electron chi connectivity index (χ2n) is 5.71. The molecule has 3 aliphatic heterocycles. The summed E-state index contributed by atoms with van der Waals surface area (Å²) in [7, 11) is 0. The molecule has 3 nitrogen and oxygen atoms in total. The van der Waals surface area contributed by atoms with Gasteiger partial charge in [0.1, 0.15) is 0 Å². The van der Waals surface area contributed by atoms with Gasteiger partial charge in [-0.2, -0.15) is 0 Å². The lowest BCUT2D eigenvalue weighted by atomic mass is 9.78. The third-order valence-electron chi connectivity index (χ3n) is 4.68. The van der Waals surface area contributed by atoms with Gasteiger partial charge in [-0.05, 0) is 23.5 Å². The smallest absolute Gasteiger partial charge is 0.0522 e. The number of hydrogen-bond donors (Lipinski definition) is 1. The number of ether oxygens (including phenoxy) is 1. The lowest BCUT2D eigenvalue weighted by molar-refractivity contribution is -0.0464. The van der Waals surface area contributed by atoms with E-state index in [-0.39, 0.29) is 0 Å². The van der Waals surface area contributed by atoms with Crippen molar-refractivity contribution in [3.05, 3.63) is 29.3 Å². The van der Waals surface area contributed by atoms with Crippen LogP contribution in [-0.2, 0) is 11.3 Å². The molecule has 1 unspecified atom stereocenters. The van der Waals surface area contributed by atoms with Gasteiger partial charge in [0.25, 0.3) is 0 Å². The van der Waals surface area contributed by atoms with Gasteiger partial charge in [0.05, 0.1) is 13.2 Å². The average molecular weight is 244 g/mol. The minimum atomic E-state index is 0.725. The maximum Gasteiger partial charge on any atom is 0.0522 e. The standard InChI is InChI=1S/C15H20N2O/c1-2-11-8-16-5-7-17-6-4-13(12-9-18-10-12)14(3-1)15(11)17/h1-3,12-13,16H,4-10H2. The Balaban J connectivity index is 1.78. The Bertz CT molecular complexity index is 456. The molecule has 0 aromatic heterocycles. The van der Waals surface area contributed by atoms with Crippen molar-refractivity contribution in [1.29, 1.82) is 0 Å². The molecule has 0 spiro atoms. The number of nitrogens with zero attached hydrogens (tertiary/aromatic N) is 1. The molecule has 0 bridgehead atoms. The number of para-hydroxylation sites is 1. The van der Waals surface area contributed by atoms with Gasteiger partial charge in [0.2, 0.25) is 0 Å². The van der Waals surface area contributed by atoms with Crippen LogP contribution in [0.3, 0.4) is 0 Å². The highest BCUT2D eigenvalue weighted by atomic mass is 16.5. The topological polar surface area (TPSA) is 24.5 Å². The van der Waals surface area contributed by atoms with Crippen molar-refractivity contribution in [2.75, 3.05) is 37.7 Å². The van der Waals surface area contributed by atoms with E-state index in [9.17, 15) is 0 Å². The second kappa shape index (κ2) is 4.25. The molecular formula is C15H20N2O. The Morgan fingerprint density at radius 2 is 2.17 bits per heavy atom. The van der Waals surface area contributed by atoms with Crippen LogP contribution in [0.25, 0.3) is 0 Å². The first kappa shape index (κ1) is 10.8. The Morgan fingerprint density at radius 3 is 3.00 bits per heavy atom. The van der Waals surface area contributed by atoms with Crippen molar-refractivity contribution in [3.63, 3.8) is 0 Å². The van der Waals surface area contributed by atoms with Gasteiger partial charge in [0, 0.05) is 37.8 Å². The van der Waals surface area contributed by atoms with Crippen LogP contribution in [0.1, 0.15) is 23.5 Å². The molecular weight excluding hydrogens is 224 g/mol. The minimum Gasteiger partial charge on any atom is -0.381 e. The Morgan fingerprint density at radius 1 is 1.22 bits per heavy atom. The average Bonchev–Trinajstić information content (AvgIpc) is 2.54. The zero-order valence-corrected chi connectivity index (χ0v) is 10.7. The van der Waals surface area contributed by atoms with E-state index in [1.165, 1.54) is 24.2 Å². The summed E-state index contributed by atoms with van der Waals surface area (Å²) in [5.74, 6) is 1.48. The summed E-state index contributed by atoms with van der Waals surface area (Å²) in [6.07, 6.45) is 1.30. The van der Waals surface area contributed by atoms with Gasteiger partial charge in [-0.25, -0.2) is 0 Å². The first-order valence-electron chi connectivity index (χ1n) is 7.08. The van der Waals surface area contributed by atoms with Crippen LogP contribution in [0.2, 0.25) is 0 Å². The normalized spacial score (nSPS) is 27.3. The molecule has 3 aliphatic rings. The summed E-state index contributed by atoms with van der Waals surface area (Å²) < 4.78 is 5.40. The minimum absolute atomic E-state index is 0.725. The van der Waals surface area contributed by atoms with Gasteiger partial charge < -0.3 is 15.0 Å². The highest BCUT2D eigenvalue weighted by Gasteiger charge is 2.35. The molecule has 3 heteroatoms. The highest BCUT2D eigenvalue weighted by Crippen LogP contribution is 2.43. The van der Waals surface area contributed by atoms with Crippen LogP contribution in [0.4, 0.5) is 5.69 Å². The molecule has 3 heterocycles. The van der Waals surface area contributed by atoms with Gasteiger partial charge in [-0.3, -0.25) is 0 Å². The maximum absolute atomic E-state index is 5.40. The lowest BCUT2D eigenvalue weighted by Crippen LogP contribution is -2.40. The summed E-state index contributed by atoms with van der Waals surface area (Å²) in [4.78, 5) is 2.58. The van der Waals surface area contributed by atoms with E-state index in [2.05, 4.69) is 28.4 Å². The van der Waals surface area contributed by atoms with Crippen molar-refractivity contribution in [3.8, 4) is 0 Å².